The molecule has 2 N–H and O–H groups in total. The Labute approximate surface area is 194 Å². The number of hydrogen-bond donors (Lipinski definition) is 2. The summed E-state index contributed by atoms with van der Waals surface area (Å²) >= 11 is 0. The number of nitrogens with one attached hydrogen (secondary N) is 1. The zero-order valence-corrected chi connectivity index (χ0v) is 18.9. The molecule has 6 nitrogen and oxygen atoms in total. The summed E-state index contributed by atoms with van der Waals surface area (Å²) in [6.07, 6.45) is 2.54. The third-order valence-corrected chi connectivity index (χ3v) is 5.49. The highest BCUT2D eigenvalue weighted by molar-refractivity contribution is 5.94. The number of hydrogen-bond acceptors (Lipinski definition) is 5. The van der Waals surface area contributed by atoms with E-state index in [0.29, 0.717) is 12.2 Å². The van der Waals surface area contributed by atoms with Crippen LogP contribution in [-0.4, -0.2) is 24.2 Å². The number of aliphatic hydroxyl groups is 1. The van der Waals surface area contributed by atoms with Crippen molar-refractivity contribution < 1.29 is 14.6 Å². The number of aryl methyl sites for hydroxylation is 2. The SMILES string of the molecule is CC(N=O)c1ccc(OCc2ccccc2)c(CCCc2ccc(C(=O)NCCO)cc2)c1. The highest BCUT2D eigenvalue weighted by atomic mass is 16.5. The van der Waals surface area contributed by atoms with Gasteiger partial charge in [0.2, 0.25) is 0 Å². The Kier molecular flexibility index (Phi) is 9.15. The summed E-state index contributed by atoms with van der Waals surface area (Å²) in [6.45, 7) is 2.43. The zero-order chi connectivity index (χ0) is 23.5. The van der Waals surface area contributed by atoms with Crippen LogP contribution in [0, 0.1) is 4.91 Å². The Morgan fingerprint density at radius 1 is 1.00 bits per heavy atom. The maximum Gasteiger partial charge on any atom is 0.251 e. The average Bonchev–Trinajstić information content (AvgIpc) is 2.87. The summed E-state index contributed by atoms with van der Waals surface area (Å²) in [5.74, 6) is 0.627. The number of nitrogens with zero attached hydrogens (tertiary/aromatic N) is 1. The molecular formula is C27H30N2O4. The molecule has 1 atom stereocenters. The van der Waals surface area contributed by atoms with Crippen LogP contribution in [0.4, 0.5) is 0 Å². The van der Waals surface area contributed by atoms with E-state index in [1.54, 1.807) is 19.1 Å². The predicted octanol–water partition coefficient (Wildman–Crippen LogP) is 4.99. The third kappa shape index (κ3) is 7.26. The first-order chi connectivity index (χ1) is 16.1. The standard InChI is InChI=1S/C27H30N2O4/c1-20(29-32)24-14-15-26(33-19-22-6-3-2-4-7-22)25(18-24)9-5-8-21-10-12-23(13-11-21)27(31)28-16-17-30/h2-4,6-7,10-15,18,20,30H,5,8-9,16-17,19H2,1H3,(H,28,31). The van der Waals surface area contributed by atoms with Crippen molar-refractivity contribution in [1.82, 2.24) is 5.32 Å². The minimum Gasteiger partial charge on any atom is -0.489 e. The number of aliphatic hydroxyl groups excluding tert-OH is 1. The van der Waals surface area contributed by atoms with E-state index in [9.17, 15) is 9.70 Å². The monoisotopic (exact) mass is 446 g/mol. The van der Waals surface area contributed by atoms with Gasteiger partial charge >= 0.3 is 0 Å². The minimum absolute atomic E-state index is 0.0796. The first-order valence-corrected chi connectivity index (χ1v) is 11.2. The van der Waals surface area contributed by atoms with Gasteiger partial charge in [0.25, 0.3) is 5.91 Å². The molecule has 3 aromatic carbocycles. The van der Waals surface area contributed by atoms with Gasteiger partial charge < -0.3 is 15.2 Å². The quantitative estimate of drug-likeness (QED) is 0.384. The van der Waals surface area contributed by atoms with Crippen molar-refractivity contribution in [3.8, 4) is 5.75 Å². The topological polar surface area (TPSA) is 88.0 Å². The molecule has 0 aliphatic carbocycles. The van der Waals surface area contributed by atoms with Gasteiger partial charge in [0.1, 0.15) is 18.4 Å². The van der Waals surface area contributed by atoms with Crippen LogP contribution in [0.5, 0.6) is 5.75 Å². The summed E-state index contributed by atoms with van der Waals surface area (Å²) in [6, 6.07) is 23.0. The van der Waals surface area contributed by atoms with Gasteiger partial charge in [-0.25, -0.2) is 0 Å². The molecule has 3 rings (SSSR count). The lowest BCUT2D eigenvalue weighted by Crippen LogP contribution is -2.26. The van der Waals surface area contributed by atoms with E-state index in [4.69, 9.17) is 9.84 Å². The van der Waals surface area contributed by atoms with Crippen LogP contribution in [0.2, 0.25) is 0 Å². The summed E-state index contributed by atoms with van der Waals surface area (Å²) in [5.41, 5.74) is 4.74. The number of ether oxygens (including phenoxy) is 1. The Balaban J connectivity index is 1.64. The molecule has 0 saturated carbocycles. The molecule has 172 valence electrons. The molecule has 33 heavy (non-hydrogen) atoms. The molecule has 0 bridgehead atoms. The molecule has 0 heterocycles. The Morgan fingerprint density at radius 2 is 1.76 bits per heavy atom. The van der Waals surface area contributed by atoms with Gasteiger partial charge in [-0.15, -0.1) is 0 Å². The van der Waals surface area contributed by atoms with Gasteiger partial charge in [-0.05, 0) is 72.7 Å². The predicted molar refractivity (Wildman–Crippen MR) is 129 cm³/mol. The Morgan fingerprint density at radius 3 is 2.45 bits per heavy atom. The van der Waals surface area contributed by atoms with Gasteiger partial charge in [0, 0.05) is 12.1 Å². The van der Waals surface area contributed by atoms with Crippen LogP contribution in [0.15, 0.2) is 78.0 Å². The van der Waals surface area contributed by atoms with E-state index in [-0.39, 0.29) is 19.1 Å². The van der Waals surface area contributed by atoms with Gasteiger partial charge in [0.05, 0.1) is 6.61 Å². The van der Waals surface area contributed by atoms with Crippen molar-refractivity contribution in [2.75, 3.05) is 13.2 Å². The van der Waals surface area contributed by atoms with E-state index in [1.807, 2.05) is 60.7 Å². The number of carbonyl (C=O) groups excluding carboxylic acids is 1. The molecule has 0 aliphatic heterocycles. The van der Waals surface area contributed by atoms with Gasteiger partial charge in [-0.3, -0.25) is 4.79 Å². The van der Waals surface area contributed by atoms with E-state index in [0.717, 1.165) is 47.3 Å². The van der Waals surface area contributed by atoms with Gasteiger partial charge in [-0.1, -0.05) is 53.7 Å². The van der Waals surface area contributed by atoms with Crippen LogP contribution in [-0.2, 0) is 19.4 Å². The van der Waals surface area contributed by atoms with Crippen molar-refractivity contribution in [2.45, 2.75) is 38.8 Å². The van der Waals surface area contributed by atoms with E-state index in [1.165, 1.54) is 0 Å². The molecule has 1 amide bonds. The molecule has 0 aromatic heterocycles. The highest BCUT2D eigenvalue weighted by Gasteiger charge is 2.11. The van der Waals surface area contributed by atoms with E-state index < -0.39 is 6.04 Å². The lowest BCUT2D eigenvalue weighted by molar-refractivity contribution is 0.0945. The molecule has 0 aliphatic rings. The van der Waals surface area contributed by atoms with Crippen LogP contribution < -0.4 is 10.1 Å². The van der Waals surface area contributed by atoms with Gasteiger partial charge in [-0.2, -0.15) is 4.91 Å². The van der Waals surface area contributed by atoms with Crippen molar-refractivity contribution in [3.63, 3.8) is 0 Å². The number of amides is 1. The fourth-order valence-corrected chi connectivity index (χ4v) is 3.57. The maximum atomic E-state index is 12.0. The number of rotatable bonds is 12. The minimum atomic E-state index is -0.406. The van der Waals surface area contributed by atoms with Crippen molar-refractivity contribution >= 4 is 5.91 Å². The van der Waals surface area contributed by atoms with Gasteiger partial charge in [0.15, 0.2) is 0 Å². The second-order valence-corrected chi connectivity index (χ2v) is 7.95. The summed E-state index contributed by atoms with van der Waals surface area (Å²) in [4.78, 5) is 23.0. The van der Waals surface area contributed by atoms with Crippen molar-refractivity contribution in [1.29, 1.82) is 0 Å². The first-order valence-electron chi connectivity index (χ1n) is 11.2. The first kappa shape index (κ1) is 24.1. The smallest absolute Gasteiger partial charge is 0.251 e. The Bertz CT molecular complexity index is 1040. The fourth-order valence-electron chi connectivity index (χ4n) is 3.57. The largest absolute Gasteiger partial charge is 0.489 e. The molecule has 3 aromatic rings. The van der Waals surface area contributed by atoms with Crippen LogP contribution in [0.25, 0.3) is 0 Å². The molecular weight excluding hydrogens is 416 g/mol. The second kappa shape index (κ2) is 12.5. The number of benzene rings is 3. The number of carbonyl (C=O) groups is 1. The van der Waals surface area contributed by atoms with Crippen molar-refractivity contribution in [2.24, 2.45) is 5.18 Å². The van der Waals surface area contributed by atoms with E-state index >= 15 is 0 Å². The highest BCUT2D eigenvalue weighted by Crippen LogP contribution is 2.27. The summed E-state index contributed by atoms with van der Waals surface area (Å²) < 4.78 is 6.10. The van der Waals surface area contributed by atoms with Crippen LogP contribution >= 0.6 is 0 Å². The molecule has 1 unspecified atom stereocenters. The normalized spacial score (nSPS) is 11.6. The molecule has 0 fully saturated rings. The van der Waals surface area contributed by atoms with Crippen LogP contribution in [0.3, 0.4) is 0 Å². The molecule has 0 spiro atoms. The molecule has 0 saturated heterocycles. The summed E-state index contributed by atoms with van der Waals surface area (Å²) in [5, 5.41) is 14.6. The zero-order valence-electron chi connectivity index (χ0n) is 18.9. The lowest BCUT2D eigenvalue weighted by Gasteiger charge is -2.14. The van der Waals surface area contributed by atoms with Crippen LogP contribution in [0.1, 0.15) is 52.0 Å². The fraction of sp³-hybridized carbons (Fsp3) is 0.296. The van der Waals surface area contributed by atoms with Crippen molar-refractivity contribution in [3.05, 3.63) is 106 Å². The maximum absolute atomic E-state index is 12.0. The third-order valence-electron chi connectivity index (χ3n) is 5.49. The average molecular weight is 447 g/mol. The van der Waals surface area contributed by atoms with E-state index in [2.05, 4.69) is 10.5 Å². The lowest BCUT2D eigenvalue weighted by atomic mass is 9.99. The summed E-state index contributed by atoms with van der Waals surface area (Å²) in [7, 11) is 0. The molecule has 0 radical (unpaired) electrons. The Hall–Kier alpha value is -3.51. The number of nitroso groups, excluding NO2 is 1. The molecule has 6 heteroatoms. The second-order valence-electron chi connectivity index (χ2n) is 7.95.